The van der Waals surface area contributed by atoms with Gasteiger partial charge >= 0.3 is 0 Å². The third-order valence-corrected chi connectivity index (χ3v) is 7.95. The van der Waals surface area contributed by atoms with Crippen LogP contribution in [0.25, 0.3) is 0 Å². The smallest absolute Gasteiger partial charge is 0.254 e. The van der Waals surface area contributed by atoms with Gasteiger partial charge in [0, 0.05) is 33.6 Å². The van der Waals surface area contributed by atoms with Crippen LogP contribution in [-0.4, -0.2) is 24.9 Å². The molecule has 0 heterocycles. The Hall–Kier alpha value is -1.91. The molecule has 0 aromatic heterocycles. The van der Waals surface area contributed by atoms with Gasteiger partial charge in [-0.15, -0.1) is 0 Å². The predicted molar refractivity (Wildman–Crippen MR) is 117 cm³/mol. The zero-order valence-corrected chi connectivity index (χ0v) is 17.6. The average Bonchev–Trinajstić information content (AvgIpc) is 2.68. The number of carbonyl (C=O) groups excluding carboxylic acids is 1. The quantitative estimate of drug-likeness (QED) is 0.427. The van der Waals surface area contributed by atoms with E-state index in [1.165, 1.54) is 4.90 Å². The molecule has 0 saturated heterocycles. The van der Waals surface area contributed by atoms with Gasteiger partial charge in [0.05, 0.1) is 5.56 Å². The lowest BCUT2D eigenvalue weighted by molar-refractivity contribution is 0.0829. The zero-order chi connectivity index (χ0) is 18.7. The fourth-order valence-corrected chi connectivity index (χ4v) is 6.50. The molecule has 0 fully saturated rings. The molecular weight excluding hydrogens is 456 g/mol. The first-order chi connectivity index (χ1) is 12.4. The van der Waals surface area contributed by atoms with Gasteiger partial charge in [0.25, 0.3) is 5.91 Å². The normalized spacial score (nSPS) is 11.2. The maximum Gasteiger partial charge on any atom is 0.254 e. The van der Waals surface area contributed by atoms with Gasteiger partial charge in [0.1, 0.15) is 0 Å². The molecule has 0 aliphatic heterocycles. The zero-order valence-electron chi connectivity index (χ0n) is 14.6. The molecule has 1 amide bonds. The Labute approximate surface area is 167 Å². The fraction of sp³-hybridized carbons (Fsp3) is 0.0952. The molecule has 0 aliphatic carbocycles. The predicted octanol–water partition coefficient (Wildman–Crippen LogP) is 3.63. The lowest BCUT2D eigenvalue weighted by atomic mass is 10.2. The van der Waals surface area contributed by atoms with Gasteiger partial charge in [0.2, 0.25) is 0 Å². The van der Waals surface area contributed by atoms with Crippen LogP contribution in [0, 0.1) is 3.57 Å². The van der Waals surface area contributed by atoms with Crippen molar-refractivity contribution in [2.75, 3.05) is 14.1 Å². The number of hydrogen-bond acceptors (Lipinski definition) is 2. The second kappa shape index (κ2) is 7.77. The van der Waals surface area contributed by atoms with E-state index < -0.39 is 7.14 Å². The second-order valence-corrected chi connectivity index (χ2v) is 10.1. The van der Waals surface area contributed by atoms with E-state index >= 15 is 0 Å². The number of carbonyl (C=O) groups is 1. The Morgan fingerprint density at radius 1 is 0.846 bits per heavy atom. The Bertz CT molecular complexity index is 928. The Kier molecular flexibility index (Phi) is 5.64. The molecule has 0 atom stereocenters. The van der Waals surface area contributed by atoms with Gasteiger partial charge in [-0.3, -0.25) is 4.79 Å². The molecule has 0 bridgehead atoms. The first kappa shape index (κ1) is 18.9. The molecule has 0 aliphatic rings. The standard InChI is InChI=1S/C21H19INO2P/c1-23(2)21(24)19-14-13-16(22)15-20(19)26(25,17-9-5-3-6-10-17)18-11-7-4-8-12-18/h3-15H,1-2H3. The largest absolute Gasteiger partial charge is 0.345 e. The van der Waals surface area contributed by atoms with Crippen molar-refractivity contribution in [1.29, 1.82) is 0 Å². The molecular formula is C21H19INO2P. The monoisotopic (exact) mass is 475 g/mol. The van der Waals surface area contributed by atoms with Crippen LogP contribution in [0.5, 0.6) is 0 Å². The van der Waals surface area contributed by atoms with E-state index in [1.807, 2.05) is 72.8 Å². The van der Waals surface area contributed by atoms with Crippen molar-refractivity contribution in [2.45, 2.75) is 0 Å². The first-order valence-corrected chi connectivity index (χ1v) is 11.0. The van der Waals surface area contributed by atoms with E-state index in [4.69, 9.17) is 0 Å². The van der Waals surface area contributed by atoms with Crippen LogP contribution in [0.15, 0.2) is 78.9 Å². The molecule has 0 N–H and O–H groups in total. The summed E-state index contributed by atoms with van der Waals surface area (Å²) in [6.07, 6.45) is 0. The highest BCUT2D eigenvalue weighted by Gasteiger charge is 2.33. The minimum atomic E-state index is -3.19. The Balaban J connectivity index is 2.37. The van der Waals surface area contributed by atoms with Crippen LogP contribution in [0.4, 0.5) is 0 Å². The average molecular weight is 475 g/mol. The van der Waals surface area contributed by atoms with E-state index in [2.05, 4.69) is 22.6 Å². The minimum Gasteiger partial charge on any atom is -0.345 e. The van der Waals surface area contributed by atoms with Crippen molar-refractivity contribution < 1.29 is 9.36 Å². The fourth-order valence-electron chi connectivity index (χ4n) is 2.89. The van der Waals surface area contributed by atoms with Crippen molar-refractivity contribution in [3.05, 3.63) is 88.0 Å². The van der Waals surface area contributed by atoms with Gasteiger partial charge in [-0.05, 0) is 40.8 Å². The van der Waals surface area contributed by atoms with E-state index in [9.17, 15) is 9.36 Å². The molecule has 0 spiro atoms. The molecule has 3 nitrogen and oxygen atoms in total. The maximum absolute atomic E-state index is 14.5. The van der Waals surface area contributed by atoms with Crippen molar-refractivity contribution >= 4 is 51.6 Å². The molecule has 132 valence electrons. The lowest BCUT2D eigenvalue weighted by Gasteiger charge is -2.23. The molecule has 0 radical (unpaired) electrons. The van der Waals surface area contributed by atoms with Crippen molar-refractivity contribution in [1.82, 2.24) is 4.90 Å². The van der Waals surface area contributed by atoms with Crippen molar-refractivity contribution in [3.63, 3.8) is 0 Å². The van der Waals surface area contributed by atoms with Crippen LogP contribution < -0.4 is 15.9 Å². The third-order valence-electron chi connectivity index (χ3n) is 4.18. The van der Waals surface area contributed by atoms with Gasteiger partial charge in [0.15, 0.2) is 7.14 Å². The highest BCUT2D eigenvalue weighted by molar-refractivity contribution is 14.1. The number of hydrogen-bond donors (Lipinski definition) is 0. The minimum absolute atomic E-state index is 0.150. The summed E-state index contributed by atoms with van der Waals surface area (Å²) in [4.78, 5) is 14.3. The molecule has 3 aromatic rings. The molecule has 3 aromatic carbocycles. The summed E-state index contributed by atoms with van der Waals surface area (Å²) in [7, 11) is 0.230. The van der Waals surface area contributed by atoms with Crippen molar-refractivity contribution in [2.24, 2.45) is 0 Å². The summed E-state index contributed by atoms with van der Waals surface area (Å²) >= 11 is 2.20. The van der Waals surface area contributed by atoms with Crippen LogP contribution in [-0.2, 0) is 4.57 Å². The van der Waals surface area contributed by atoms with Crippen LogP contribution in [0.1, 0.15) is 10.4 Å². The summed E-state index contributed by atoms with van der Waals surface area (Å²) in [5, 5.41) is 2.03. The summed E-state index contributed by atoms with van der Waals surface area (Å²) < 4.78 is 15.5. The number of benzene rings is 3. The van der Waals surface area contributed by atoms with Crippen LogP contribution >= 0.6 is 29.7 Å². The number of nitrogens with zero attached hydrogens (tertiary/aromatic N) is 1. The molecule has 0 unspecified atom stereocenters. The number of rotatable bonds is 4. The lowest BCUT2D eigenvalue weighted by Crippen LogP contribution is -2.33. The summed E-state index contributed by atoms with van der Waals surface area (Å²) in [6, 6.07) is 24.3. The highest BCUT2D eigenvalue weighted by atomic mass is 127. The van der Waals surface area contributed by atoms with Gasteiger partial charge in [-0.25, -0.2) is 0 Å². The second-order valence-electron chi connectivity index (χ2n) is 6.14. The summed E-state index contributed by atoms with van der Waals surface area (Å²) in [5.41, 5.74) is 0.478. The van der Waals surface area contributed by atoms with Gasteiger partial charge in [-0.2, -0.15) is 0 Å². The van der Waals surface area contributed by atoms with E-state index in [-0.39, 0.29) is 5.91 Å². The van der Waals surface area contributed by atoms with Gasteiger partial charge < -0.3 is 9.46 Å². The maximum atomic E-state index is 14.5. The van der Waals surface area contributed by atoms with Crippen LogP contribution in [0.3, 0.4) is 0 Å². The van der Waals surface area contributed by atoms with Crippen molar-refractivity contribution in [3.8, 4) is 0 Å². The SMILES string of the molecule is CN(C)C(=O)c1ccc(I)cc1P(=O)(c1ccccc1)c1ccccc1. The Morgan fingerprint density at radius 2 is 1.35 bits per heavy atom. The number of amides is 1. The van der Waals surface area contributed by atoms with Crippen LogP contribution in [0.2, 0.25) is 0 Å². The molecule has 0 saturated carbocycles. The molecule has 26 heavy (non-hydrogen) atoms. The third kappa shape index (κ3) is 3.49. The highest BCUT2D eigenvalue weighted by Crippen LogP contribution is 2.43. The summed E-state index contributed by atoms with van der Waals surface area (Å²) in [5.74, 6) is -0.150. The number of halogens is 1. The van der Waals surface area contributed by atoms with E-state index in [1.54, 1.807) is 20.2 Å². The Morgan fingerprint density at radius 3 is 1.81 bits per heavy atom. The van der Waals surface area contributed by atoms with E-state index in [0.717, 1.165) is 14.2 Å². The summed E-state index contributed by atoms with van der Waals surface area (Å²) in [6.45, 7) is 0. The molecule has 5 heteroatoms. The molecule has 3 rings (SSSR count). The topological polar surface area (TPSA) is 37.4 Å². The first-order valence-electron chi connectivity index (χ1n) is 8.17. The van der Waals surface area contributed by atoms with E-state index in [0.29, 0.717) is 10.9 Å². The van der Waals surface area contributed by atoms with Gasteiger partial charge in [-0.1, -0.05) is 60.7 Å².